The zero-order valence-corrected chi connectivity index (χ0v) is 7.59. The number of morpholine rings is 1. The van der Waals surface area contributed by atoms with Crippen molar-refractivity contribution in [1.29, 1.82) is 0 Å². The summed E-state index contributed by atoms with van der Waals surface area (Å²) in [7, 11) is 0. The largest absolute Gasteiger partial charge is 0.366 e. The summed E-state index contributed by atoms with van der Waals surface area (Å²) in [6.07, 6.45) is 2.44. The fourth-order valence-electron chi connectivity index (χ4n) is 1.08. The molecule has 0 spiro atoms. The third kappa shape index (κ3) is 2.66. The molecule has 1 fully saturated rings. The maximum atomic E-state index is 11.1. The number of carbonyl (C=O) groups is 1. The van der Waals surface area contributed by atoms with Gasteiger partial charge in [-0.1, -0.05) is 11.6 Å². The Morgan fingerprint density at radius 1 is 1.75 bits per heavy atom. The van der Waals surface area contributed by atoms with Gasteiger partial charge in [0.15, 0.2) is 0 Å². The highest BCUT2D eigenvalue weighted by atomic mass is 16.5. The molecule has 0 aromatic rings. The number of rotatable bonds is 2. The SMILES string of the molecule is CC(C)=CCC1OCCNC1=O. The number of hydrogen-bond acceptors (Lipinski definition) is 2. The standard InChI is InChI=1S/C9H15NO2/c1-7(2)3-4-8-9(11)10-5-6-12-8/h3,8H,4-6H2,1-2H3,(H,10,11). The first-order valence-corrected chi connectivity index (χ1v) is 4.23. The van der Waals surface area contributed by atoms with Crippen molar-refractivity contribution in [2.24, 2.45) is 0 Å². The van der Waals surface area contributed by atoms with Crippen LogP contribution in [0.3, 0.4) is 0 Å². The zero-order valence-electron chi connectivity index (χ0n) is 7.59. The minimum absolute atomic E-state index is 0.0127. The molecule has 0 aromatic heterocycles. The average molecular weight is 169 g/mol. The highest BCUT2D eigenvalue weighted by molar-refractivity contribution is 5.81. The number of ether oxygens (including phenoxy) is 1. The summed E-state index contributed by atoms with van der Waals surface area (Å²) in [5, 5.41) is 2.76. The summed E-state index contributed by atoms with van der Waals surface area (Å²) < 4.78 is 5.28. The van der Waals surface area contributed by atoms with E-state index >= 15 is 0 Å². The van der Waals surface area contributed by atoms with E-state index in [1.807, 2.05) is 19.9 Å². The molecule has 1 atom stereocenters. The third-order valence-electron chi connectivity index (χ3n) is 1.75. The van der Waals surface area contributed by atoms with Crippen LogP contribution in [-0.2, 0) is 9.53 Å². The summed E-state index contributed by atoms with van der Waals surface area (Å²) in [5.41, 5.74) is 1.22. The Balaban J connectivity index is 2.39. The molecular formula is C9H15NO2. The molecule has 1 amide bonds. The molecular weight excluding hydrogens is 154 g/mol. The van der Waals surface area contributed by atoms with Gasteiger partial charge in [0.2, 0.25) is 5.91 Å². The Bertz CT molecular complexity index is 195. The Kier molecular flexibility index (Phi) is 3.29. The monoisotopic (exact) mass is 169 g/mol. The van der Waals surface area contributed by atoms with Crippen molar-refractivity contribution in [3.05, 3.63) is 11.6 Å². The van der Waals surface area contributed by atoms with Crippen molar-refractivity contribution < 1.29 is 9.53 Å². The van der Waals surface area contributed by atoms with E-state index in [1.165, 1.54) is 5.57 Å². The van der Waals surface area contributed by atoms with Gasteiger partial charge in [-0.15, -0.1) is 0 Å². The Hall–Kier alpha value is -0.830. The molecule has 0 saturated carbocycles. The van der Waals surface area contributed by atoms with Gasteiger partial charge in [0.05, 0.1) is 6.61 Å². The van der Waals surface area contributed by atoms with Crippen LogP contribution >= 0.6 is 0 Å². The Morgan fingerprint density at radius 3 is 3.08 bits per heavy atom. The topological polar surface area (TPSA) is 38.3 Å². The van der Waals surface area contributed by atoms with E-state index < -0.39 is 0 Å². The van der Waals surface area contributed by atoms with Gasteiger partial charge >= 0.3 is 0 Å². The number of amides is 1. The van der Waals surface area contributed by atoms with Crippen LogP contribution in [0, 0.1) is 0 Å². The minimum atomic E-state index is -0.270. The van der Waals surface area contributed by atoms with Gasteiger partial charge in [-0.05, 0) is 13.8 Å². The van der Waals surface area contributed by atoms with Crippen LogP contribution in [0.25, 0.3) is 0 Å². The lowest BCUT2D eigenvalue weighted by Crippen LogP contribution is -2.43. The first kappa shape index (κ1) is 9.26. The predicted molar refractivity (Wildman–Crippen MR) is 46.8 cm³/mol. The molecule has 0 bridgehead atoms. The molecule has 12 heavy (non-hydrogen) atoms. The van der Waals surface area contributed by atoms with Crippen LogP contribution in [0.15, 0.2) is 11.6 Å². The van der Waals surface area contributed by atoms with E-state index in [0.717, 1.165) is 0 Å². The van der Waals surface area contributed by atoms with Crippen molar-refractivity contribution in [2.45, 2.75) is 26.4 Å². The van der Waals surface area contributed by atoms with Gasteiger partial charge in [0.1, 0.15) is 6.10 Å². The number of allylic oxidation sites excluding steroid dienone is 1. The smallest absolute Gasteiger partial charge is 0.249 e. The lowest BCUT2D eigenvalue weighted by Gasteiger charge is -2.21. The summed E-state index contributed by atoms with van der Waals surface area (Å²) in [6.45, 7) is 5.30. The fourth-order valence-corrected chi connectivity index (χ4v) is 1.08. The number of nitrogens with one attached hydrogen (secondary N) is 1. The maximum absolute atomic E-state index is 11.1. The molecule has 1 N–H and O–H groups in total. The zero-order chi connectivity index (χ0) is 8.97. The summed E-state index contributed by atoms with van der Waals surface area (Å²) in [5.74, 6) is 0.0127. The molecule has 0 aromatic carbocycles. The number of hydrogen-bond donors (Lipinski definition) is 1. The van der Waals surface area contributed by atoms with Crippen LogP contribution in [-0.4, -0.2) is 25.2 Å². The second kappa shape index (κ2) is 4.26. The highest BCUT2D eigenvalue weighted by Gasteiger charge is 2.20. The Morgan fingerprint density at radius 2 is 2.50 bits per heavy atom. The Labute approximate surface area is 72.8 Å². The molecule has 1 unspecified atom stereocenters. The molecule has 3 nitrogen and oxygen atoms in total. The van der Waals surface area contributed by atoms with E-state index in [9.17, 15) is 4.79 Å². The second-order valence-corrected chi connectivity index (χ2v) is 3.17. The van der Waals surface area contributed by atoms with Gasteiger partial charge in [-0.3, -0.25) is 4.79 Å². The minimum Gasteiger partial charge on any atom is -0.366 e. The molecule has 68 valence electrons. The van der Waals surface area contributed by atoms with Gasteiger partial charge < -0.3 is 10.1 Å². The van der Waals surface area contributed by atoms with Crippen molar-refractivity contribution in [3.8, 4) is 0 Å². The van der Waals surface area contributed by atoms with Gasteiger partial charge in [0.25, 0.3) is 0 Å². The molecule has 1 aliphatic rings. The van der Waals surface area contributed by atoms with Crippen LogP contribution < -0.4 is 5.32 Å². The van der Waals surface area contributed by atoms with Crippen LogP contribution in [0.2, 0.25) is 0 Å². The number of carbonyl (C=O) groups excluding carboxylic acids is 1. The molecule has 3 heteroatoms. The molecule has 1 heterocycles. The average Bonchev–Trinajstić information content (AvgIpc) is 2.03. The summed E-state index contributed by atoms with van der Waals surface area (Å²) >= 11 is 0. The third-order valence-corrected chi connectivity index (χ3v) is 1.75. The first-order chi connectivity index (χ1) is 5.70. The lowest BCUT2D eigenvalue weighted by atomic mass is 10.1. The molecule has 0 aliphatic carbocycles. The van der Waals surface area contributed by atoms with Gasteiger partial charge in [0, 0.05) is 13.0 Å². The molecule has 1 aliphatic heterocycles. The summed E-state index contributed by atoms with van der Waals surface area (Å²) in [4.78, 5) is 11.1. The van der Waals surface area contributed by atoms with E-state index in [4.69, 9.17) is 4.74 Å². The van der Waals surface area contributed by atoms with Crippen LogP contribution in [0.4, 0.5) is 0 Å². The normalized spacial score (nSPS) is 23.2. The lowest BCUT2D eigenvalue weighted by molar-refractivity contribution is -0.137. The first-order valence-electron chi connectivity index (χ1n) is 4.23. The predicted octanol–water partition coefficient (Wildman–Crippen LogP) is 0.858. The van der Waals surface area contributed by atoms with Crippen molar-refractivity contribution in [1.82, 2.24) is 5.32 Å². The summed E-state index contributed by atoms with van der Waals surface area (Å²) in [6, 6.07) is 0. The second-order valence-electron chi connectivity index (χ2n) is 3.17. The molecule has 0 radical (unpaired) electrons. The van der Waals surface area contributed by atoms with E-state index in [-0.39, 0.29) is 12.0 Å². The van der Waals surface area contributed by atoms with E-state index in [1.54, 1.807) is 0 Å². The fraction of sp³-hybridized carbons (Fsp3) is 0.667. The van der Waals surface area contributed by atoms with Crippen molar-refractivity contribution in [3.63, 3.8) is 0 Å². The maximum Gasteiger partial charge on any atom is 0.249 e. The quantitative estimate of drug-likeness (QED) is 0.622. The van der Waals surface area contributed by atoms with Crippen LogP contribution in [0.1, 0.15) is 20.3 Å². The molecule has 1 saturated heterocycles. The van der Waals surface area contributed by atoms with Crippen LogP contribution in [0.5, 0.6) is 0 Å². The van der Waals surface area contributed by atoms with E-state index in [2.05, 4.69) is 5.32 Å². The van der Waals surface area contributed by atoms with Crippen molar-refractivity contribution >= 4 is 5.91 Å². The van der Waals surface area contributed by atoms with E-state index in [0.29, 0.717) is 19.6 Å². The van der Waals surface area contributed by atoms with Gasteiger partial charge in [-0.2, -0.15) is 0 Å². The highest BCUT2D eigenvalue weighted by Crippen LogP contribution is 2.05. The van der Waals surface area contributed by atoms with Gasteiger partial charge in [-0.25, -0.2) is 0 Å². The molecule has 1 rings (SSSR count). The van der Waals surface area contributed by atoms with Crippen molar-refractivity contribution in [2.75, 3.05) is 13.2 Å².